The molecule has 5 nitrogen and oxygen atoms in total. The van der Waals surface area contributed by atoms with Gasteiger partial charge in [-0.25, -0.2) is 4.98 Å². The Balaban J connectivity index is 1.35. The van der Waals surface area contributed by atoms with Crippen molar-refractivity contribution < 1.29 is 4.79 Å². The van der Waals surface area contributed by atoms with E-state index in [9.17, 15) is 4.79 Å². The van der Waals surface area contributed by atoms with E-state index in [1.54, 1.807) is 11.3 Å². The average Bonchev–Trinajstić information content (AvgIpc) is 3.51. The Labute approximate surface area is 179 Å². The van der Waals surface area contributed by atoms with Gasteiger partial charge in [-0.2, -0.15) is 5.10 Å². The van der Waals surface area contributed by atoms with Gasteiger partial charge in [0.1, 0.15) is 5.01 Å². The topological polar surface area (TPSA) is 73.8 Å². The van der Waals surface area contributed by atoms with Gasteiger partial charge in [0.2, 0.25) is 5.91 Å². The van der Waals surface area contributed by atoms with Crippen LogP contribution in [0, 0.1) is 5.92 Å². The largest absolute Gasteiger partial charge is 0.370 e. The molecule has 152 valence electrons. The number of hydrogen-bond acceptors (Lipinski definition) is 4. The zero-order valence-corrected chi connectivity index (χ0v) is 17.5. The zero-order valence-electron chi connectivity index (χ0n) is 16.7. The molecule has 5 rings (SSSR count). The van der Waals surface area contributed by atoms with Crippen LogP contribution in [0.25, 0.3) is 32.0 Å². The molecule has 1 aliphatic carbocycles. The van der Waals surface area contributed by atoms with Crippen molar-refractivity contribution in [3.8, 4) is 21.8 Å². The van der Waals surface area contributed by atoms with E-state index in [1.165, 1.54) is 4.70 Å². The van der Waals surface area contributed by atoms with Crippen molar-refractivity contribution in [2.24, 2.45) is 11.7 Å². The van der Waals surface area contributed by atoms with Crippen molar-refractivity contribution in [1.82, 2.24) is 14.8 Å². The number of amides is 1. The van der Waals surface area contributed by atoms with Crippen LogP contribution in [0.1, 0.15) is 38.1 Å². The first-order chi connectivity index (χ1) is 14.7. The van der Waals surface area contributed by atoms with Crippen LogP contribution < -0.4 is 5.73 Å². The average molecular weight is 417 g/mol. The first-order valence-corrected chi connectivity index (χ1v) is 11.3. The second-order valence-electron chi connectivity index (χ2n) is 8.06. The Morgan fingerprint density at radius 1 is 1.07 bits per heavy atom. The maximum atomic E-state index is 11.1. The van der Waals surface area contributed by atoms with Gasteiger partial charge in [0.25, 0.3) is 0 Å². The lowest BCUT2D eigenvalue weighted by atomic mass is 10.0. The summed E-state index contributed by atoms with van der Waals surface area (Å²) in [6.07, 6.45) is 6.55. The summed E-state index contributed by atoms with van der Waals surface area (Å²) in [6.45, 7) is 0. The molecule has 0 radical (unpaired) electrons. The summed E-state index contributed by atoms with van der Waals surface area (Å²) in [4.78, 5) is 15.8. The van der Waals surface area contributed by atoms with Crippen molar-refractivity contribution in [3.05, 3.63) is 60.8 Å². The Morgan fingerprint density at radius 3 is 2.67 bits per heavy atom. The molecule has 1 amide bonds. The fourth-order valence-electron chi connectivity index (χ4n) is 4.49. The molecule has 1 aliphatic rings. The first kappa shape index (κ1) is 19.0. The summed E-state index contributed by atoms with van der Waals surface area (Å²) in [7, 11) is 0. The molecular weight excluding hydrogens is 392 g/mol. The Kier molecular flexibility index (Phi) is 5.09. The lowest BCUT2D eigenvalue weighted by molar-refractivity contribution is -0.118. The van der Waals surface area contributed by atoms with Crippen LogP contribution in [0.3, 0.4) is 0 Å². The van der Waals surface area contributed by atoms with Gasteiger partial charge in [0.05, 0.1) is 22.0 Å². The molecule has 0 aliphatic heterocycles. The van der Waals surface area contributed by atoms with Crippen molar-refractivity contribution in [3.63, 3.8) is 0 Å². The summed E-state index contributed by atoms with van der Waals surface area (Å²) in [5.74, 6) is 0.354. The summed E-state index contributed by atoms with van der Waals surface area (Å²) in [5.41, 5.74) is 9.81. The predicted octanol–water partition coefficient (Wildman–Crippen LogP) is 5.43. The van der Waals surface area contributed by atoms with E-state index in [-0.39, 0.29) is 5.91 Å². The van der Waals surface area contributed by atoms with Crippen molar-refractivity contribution in [2.75, 3.05) is 0 Å². The molecule has 0 bridgehead atoms. The molecule has 2 atom stereocenters. The third-order valence-electron chi connectivity index (χ3n) is 6.05. The Bertz CT molecular complexity index is 1140. The van der Waals surface area contributed by atoms with Gasteiger partial charge in [0, 0.05) is 18.2 Å². The van der Waals surface area contributed by atoms with E-state index in [4.69, 9.17) is 10.7 Å². The highest BCUT2D eigenvalue weighted by atomic mass is 32.1. The third kappa shape index (κ3) is 3.75. The Morgan fingerprint density at radius 2 is 1.87 bits per heavy atom. The van der Waals surface area contributed by atoms with E-state index < -0.39 is 0 Å². The van der Waals surface area contributed by atoms with E-state index in [2.05, 4.69) is 58.3 Å². The fraction of sp³-hybridized carbons (Fsp3) is 0.292. The number of para-hydroxylation sites is 1. The highest BCUT2D eigenvalue weighted by molar-refractivity contribution is 7.21. The summed E-state index contributed by atoms with van der Waals surface area (Å²) in [5, 5.41) is 5.67. The van der Waals surface area contributed by atoms with Crippen molar-refractivity contribution in [2.45, 2.75) is 38.1 Å². The summed E-state index contributed by atoms with van der Waals surface area (Å²) >= 11 is 1.72. The number of aromatic nitrogens is 3. The van der Waals surface area contributed by atoms with Gasteiger partial charge >= 0.3 is 0 Å². The van der Waals surface area contributed by atoms with Gasteiger partial charge in [-0.1, -0.05) is 36.4 Å². The Hall–Kier alpha value is -2.99. The number of hydrogen-bond donors (Lipinski definition) is 1. The predicted molar refractivity (Wildman–Crippen MR) is 121 cm³/mol. The van der Waals surface area contributed by atoms with E-state index >= 15 is 0 Å². The second kappa shape index (κ2) is 8.03. The minimum Gasteiger partial charge on any atom is -0.370 e. The molecule has 0 saturated heterocycles. The van der Waals surface area contributed by atoms with Crippen LogP contribution in [0.15, 0.2) is 60.8 Å². The standard InChI is InChI=1S/C24H24N4OS/c25-23(29)12-6-16-5-11-19(15-16)28-21(13-14-26-28)17-7-9-18(10-8-17)24-27-20-3-1-2-4-22(20)30-24/h1-4,7-10,13-14,16,19H,5-6,11-12,15H2,(H2,25,29)/t16-,19+/m0/s1. The van der Waals surface area contributed by atoms with Gasteiger partial charge in [-0.15, -0.1) is 11.3 Å². The molecule has 2 N–H and O–H groups in total. The molecule has 2 heterocycles. The SMILES string of the molecule is NC(=O)CC[C@@H]1CC[C@@H](n2nccc2-c2ccc(-c3nc4ccccc4s3)cc2)C1. The highest BCUT2D eigenvalue weighted by Crippen LogP contribution is 2.39. The number of rotatable bonds is 6. The van der Waals surface area contributed by atoms with E-state index in [0.717, 1.165) is 53.0 Å². The first-order valence-electron chi connectivity index (χ1n) is 10.5. The smallest absolute Gasteiger partial charge is 0.217 e. The van der Waals surface area contributed by atoms with Gasteiger partial charge in [-0.3, -0.25) is 9.48 Å². The monoisotopic (exact) mass is 416 g/mol. The maximum absolute atomic E-state index is 11.1. The van der Waals surface area contributed by atoms with E-state index in [0.29, 0.717) is 18.4 Å². The normalized spacial score (nSPS) is 18.8. The fourth-order valence-corrected chi connectivity index (χ4v) is 5.46. The quantitative estimate of drug-likeness (QED) is 0.455. The number of carbonyl (C=O) groups is 1. The molecule has 30 heavy (non-hydrogen) atoms. The lowest BCUT2D eigenvalue weighted by Crippen LogP contribution is -2.12. The number of carbonyl (C=O) groups excluding carboxylic acids is 1. The number of primary amides is 1. The zero-order chi connectivity index (χ0) is 20.5. The number of benzene rings is 2. The van der Waals surface area contributed by atoms with Crippen molar-refractivity contribution >= 4 is 27.5 Å². The molecule has 1 saturated carbocycles. The van der Waals surface area contributed by atoms with Crippen LogP contribution in [0.2, 0.25) is 0 Å². The number of nitrogens with two attached hydrogens (primary N) is 1. The molecule has 6 heteroatoms. The second-order valence-corrected chi connectivity index (χ2v) is 9.09. The molecule has 0 spiro atoms. The van der Waals surface area contributed by atoms with Crippen LogP contribution in [0.5, 0.6) is 0 Å². The van der Waals surface area contributed by atoms with Crippen LogP contribution >= 0.6 is 11.3 Å². The third-order valence-corrected chi connectivity index (χ3v) is 7.14. The number of fused-ring (bicyclic) bond motifs is 1. The number of thiazole rings is 1. The van der Waals surface area contributed by atoms with Gasteiger partial charge in [-0.05, 0) is 55.4 Å². The van der Waals surface area contributed by atoms with E-state index in [1.807, 2.05) is 12.3 Å². The molecule has 2 aromatic heterocycles. The number of nitrogens with zero attached hydrogens (tertiary/aromatic N) is 3. The summed E-state index contributed by atoms with van der Waals surface area (Å²) in [6, 6.07) is 19.3. The van der Waals surface area contributed by atoms with Crippen molar-refractivity contribution in [1.29, 1.82) is 0 Å². The molecule has 2 aromatic carbocycles. The van der Waals surface area contributed by atoms with Crippen LogP contribution in [0.4, 0.5) is 0 Å². The minimum atomic E-state index is -0.202. The lowest BCUT2D eigenvalue weighted by Gasteiger charge is -2.15. The minimum absolute atomic E-state index is 0.202. The van der Waals surface area contributed by atoms with Crippen LogP contribution in [-0.4, -0.2) is 20.7 Å². The molecular formula is C24H24N4OS. The van der Waals surface area contributed by atoms with Gasteiger partial charge in [0.15, 0.2) is 0 Å². The maximum Gasteiger partial charge on any atom is 0.217 e. The van der Waals surface area contributed by atoms with Crippen LogP contribution in [-0.2, 0) is 4.79 Å². The summed E-state index contributed by atoms with van der Waals surface area (Å²) < 4.78 is 3.37. The molecule has 0 unspecified atom stereocenters. The highest BCUT2D eigenvalue weighted by Gasteiger charge is 2.28. The van der Waals surface area contributed by atoms with Gasteiger partial charge < -0.3 is 5.73 Å². The molecule has 4 aromatic rings. The molecule has 1 fully saturated rings.